The maximum Gasteiger partial charge on any atom is 0.350 e. The zero-order valence-corrected chi connectivity index (χ0v) is 17.6. The number of anilines is 1. The van der Waals surface area contributed by atoms with E-state index in [4.69, 9.17) is 27.9 Å². The molecule has 3 rings (SSSR count). The van der Waals surface area contributed by atoms with Gasteiger partial charge in [0, 0.05) is 21.2 Å². The Morgan fingerprint density at radius 2 is 1.93 bits per heavy atom. The number of nitrogens with zero attached hydrogens (tertiary/aromatic N) is 1. The average Bonchev–Trinajstić information content (AvgIpc) is 2.99. The molecule has 0 saturated heterocycles. The molecule has 0 radical (unpaired) electrons. The van der Waals surface area contributed by atoms with E-state index in [9.17, 15) is 19.7 Å². The van der Waals surface area contributed by atoms with Gasteiger partial charge in [-0.3, -0.25) is 14.9 Å². The fraction of sp³-hybridized carbons (Fsp3) is 0.158. The van der Waals surface area contributed by atoms with Gasteiger partial charge in [0.1, 0.15) is 10.6 Å². The lowest BCUT2D eigenvalue weighted by molar-refractivity contribution is -0.384. The molecule has 7 nitrogen and oxygen atoms in total. The summed E-state index contributed by atoms with van der Waals surface area (Å²) in [5.41, 5.74) is 1.17. The fourth-order valence-electron chi connectivity index (χ4n) is 2.65. The lowest BCUT2D eigenvalue weighted by Crippen LogP contribution is -2.22. The SMILES string of the molecule is Cc1ccc([N+](=O)[O-])c(NC(=O)COC(=O)c2sc3cc(Cl)ccc3c2Cl)c1C. The number of nitro benzene ring substituents is 1. The molecule has 0 fully saturated rings. The number of halogens is 2. The van der Waals surface area contributed by atoms with Gasteiger partial charge in [-0.15, -0.1) is 11.3 Å². The first kappa shape index (κ1) is 21.0. The van der Waals surface area contributed by atoms with Gasteiger partial charge in [-0.2, -0.15) is 0 Å². The molecule has 3 aromatic rings. The lowest BCUT2D eigenvalue weighted by Gasteiger charge is -2.11. The van der Waals surface area contributed by atoms with Crippen LogP contribution in [0.25, 0.3) is 10.1 Å². The summed E-state index contributed by atoms with van der Waals surface area (Å²) in [6.07, 6.45) is 0. The number of fused-ring (bicyclic) bond motifs is 1. The Balaban J connectivity index is 1.74. The van der Waals surface area contributed by atoms with E-state index in [1.165, 1.54) is 6.07 Å². The number of esters is 1. The number of amides is 1. The summed E-state index contributed by atoms with van der Waals surface area (Å²) in [6, 6.07) is 7.93. The van der Waals surface area contributed by atoms with Gasteiger partial charge in [-0.25, -0.2) is 4.79 Å². The molecule has 0 saturated carbocycles. The van der Waals surface area contributed by atoms with Crippen LogP contribution in [0.2, 0.25) is 10.0 Å². The van der Waals surface area contributed by atoms with Crippen molar-refractivity contribution in [3.63, 3.8) is 0 Å². The first-order chi connectivity index (χ1) is 13.7. The van der Waals surface area contributed by atoms with E-state index < -0.39 is 23.4 Å². The zero-order valence-electron chi connectivity index (χ0n) is 15.2. The van der Waals surface area contributed by atoms with E-state index in [2.05, 4.69) is 5.32 Å². The van der Waals surface area contributed by atoms with E-state index in [1.54, 1.807) is 38.1 Å². The molecule has 0 spiro atoms. The topological polar surface area (TPSA) is 98.5 Å². The van der Waals surface area contributed by atoms with Crippen molar-refractivity contribution in [1.29, 1.82) is 0 Å². The van der Waals surface area contributed by atoms with E-state index in [1.807, 2.05) is 0 Å². The molecule has 0 aliphatic carbocycles. The van der Waals surface area contributed by atoms with Gasteiger partial charge in [0.05, 0.1) is 9.95 Å². The summed E-state index contributed by atoms with van der Waals surface area (Å²) < 4.78 is 5.76. The number of thiophene rings is 1. The summed E-state index contributed by atoms with van der Waals surface area (Å²) in [6.45, 7) is 2.81. The number of nitrogens with one attached hydrogen (secondary N) is 1. The molecule has 0 unspecified atom stereocenters. The predicted octanol–water partition coefficient (Wildman–Crippen LogP) is 5.53. The monoisotopic (exact) mass is 452 g/mol. The van der Waals surface area contributed by atoms with E-state index in [-0.39, 0.29) is 21.3 Å². The summed E-state index contributed by atoms with van der Waals surface area (Å²) in [4.78, 5) is 35.4. The largest absolute Gasteiger partial charge is 0.451 e. The molecule has 1 amide bonds. The van der Waals surface area contributed by atoms with Gasteiger partial charge in [-0.05, 0) is 37.1 Å². The van der Waals surface area contributed by atoms with Crippen molar-refractivity contribution < 1.29 is 19.2 Å². The first-order valence-electron chi connectivity index (χ1n) is 8.28. The Hall–Kier alpha value is -2.68. The van der Waals surface area contributed by atoms with Crippen molar-refractivity contribution in [2.75, 3.05) is 11.9 Å². The number of carbonyl (C=O) groups is 2. The highest BCUT2D eigenvalue weighted by atomic mass is 35.5. The Labute approximate surface area is 179 Å². The second-order valence-electron chi connectivity index (χ2n) is 6.17. The van der Waals surface area contributed by atoms with Crippen LogP contribution in [0.4, 0.5) is 11.4 Å². The van der Waals surface area contributed by atoms with E-state index in [0.29, 0.717) is 20.7 Å². The highest BCUT2D eigenvalue weighted by Crippen LogP contribution is 2.37. The van der Waals surface area contributed by atoms with Crippen LogP contribution in [0.3, 0.4) is 0 Å². The third kappa shape index (κ3) is 4.34. The standard InChI is InChI=1S/C19H14Cl2N2O5S/c1-9-3-6-13(23(26)27)17(10(9)2)22-15(24)8-28-19(25)18-16(21)12-5-4-11(20)7-14(12)29-18/h3-7H,8H2,1-2H3,(H,22,24). The number of nitro groups is 1. The van der Waals surface area contributed by atoms with Crippen LogP contribution in [0.15, 0.2) is 30.3 Å². The zero-order chi connectivity index (χ0) is 21.3. The fourth-order valence-corrected chi connectivity index (χ4v) is 4.33. The molecule has 10 heteroatoms. The minimum absolute atomic E-state index is 0.0746. The summed E-state index contributed by atoms with van der Waals surface area (Å²) >= 11 is 13.3. The molecule has 0 bridgehead atoms. The van der Waals surface area contributed by atoms with Crippen molar-refractivity contribution in [3.8, 4) is 0 Å². The van der Waals surface area contributed by atoms with Gasteiger partial charge in [0.25, 0.3) is 11.6 Å². The third-order valence-electron chi connectivity index (χ3n) is 4.29. The van der Waals surface area contributed by atoms with Crippen LogP contribution in [0.5, 0.6) is 0 Å². The Morgan fingerprint density at radius 1 is 1.21 bits per heavy atom. The lowest BCUT2D eigenvalue weighted by atomic mass is 10.1. The van der Waals surface area contributed by atoms with Crippen molar-refractivity contribution in [3.05, 3.63) is 66.5 Å². The van der Waals surface area contributed by atoms with Gasteiger partial charge in [0.2, 0.25) is 0 Å². The van der Waals surface area contributed by atoms with Crippen LogP contribution in [0, 0.1) is 24.0 Å². The smallest absolute Gasteiger partial charge is 0.350 e. The number of hydrogen-bond donors (Lipinski definition) is 1. The molecule has 1 N–H and O–H groups in total. The quantitative estimate of drug-likeness (QED) is 0.311. The molecule has 0 atom stereocenters. The molecular weight excluding hydrogens is 439 g/mol. The van der Waals surface area contributed by atoms with Crippen LogP contribution in [-0.4, -0.2) is 23.4 Å². The van der Waals surface area contributed by atoms with Crippen LogP contribution >= 0.6 is 34.5 Å². The average molecular weight is 453 g/mol. The van der Waals surface area contributed by atoms with Gasteiger partial charge < -0.3 is 10.1 Å². The Bertz CT molecular complexity index is 1160. The van der Waals surface area contributed by atoms with Crippen LogP contribution in [-0.2, 0) is 9.53 Å². The van der Waals surface area contributed by atoms with Gasteiger partial charge in [0.15, 0.2) is 6.61 Å². The number of ether oxygens (including phenoxy) is 1. The van der Waals surface area contributed by atoms with Crippen molar-refractivity contribution >= 4 is 67.9 Å². The van der Waals surface area contributed by atoms with Crippen molar-refractivity contribution in [1.82, 2.24) is 0 Å². The second kappa shape index (κ2) is 8.36. The molecule has 0 aliphatic heterocycles. The maximum atomic E-state index is 12.4. The Kier molecular flexibility index (Phi) is 6.07. The number of rotatable bonds is 5. The first-order valence-corrected chi connectivity index (χ1v) is 9.85. The molecule has 29 heavy (non-hydrogen) atoms. The third-order valence-corrected chi connectivity index (χ3v) is 6.16. The minimum atomic E-state index is -0.766. The number of hydrogen-bond acceptors (Lipinski definition) is 6. The van der Waals surface area contributed by atoms with Gasteiger partial charge >= 0.3 is 5.97 Å². The van der Waals surface area contributed by atoms with Gasteiger partial charge in [-0.1, -0.05) is 35.3 Å². The molecular formula is C19H14Cl2N2O5S. The highest BCUT2D eigenvalue weighted by Gasteiger charge is 2.22. The molecule has 1 heterocycles. The predicted molar refractivity (Wildman–Crippen MR) is 113 cm³/mol. The van der Waals surface area contributed by atoms with Crippen molar-refractivity contribution in [2.45, 2.75) is 13.8 Å². The number of carbonyl (C=O) groups excluding carboxylic acids is 2. The molecule has 2 aromatic carbocycles. The van der Waals surface area contributed by atoms with Crippen molar-refractivity contribution in [2.24, 2.45) is 0 Å². The minimum Gasteiger partial charge on any atom is -0.451 e. The second-order valence-corrected chi connectivity index (χ2v) is 8.04. The number of benzene rings is 2. The summed E-state index contributed by atoms with van der Waals surface area (Å²) in [5.74, 6) is -1.46. The summed E-state index contributed by atoms with van der Waals surface area (Å²) in [7, 11) is 0. The normalized spacial score (nSPS) is 10.8. The van der Waals surface area contributed by atoms with Crippen LogP contribution in [0.1, 0.15) is 20.8 Å². The van der Waals surface area contributed by atoms with E-state index >= 15 is 0 Å². The number of aryl methyl sites for hydroxylation is 1. The Morgan fingerprint density at radius 3 is 2.62 bits per heavy atom. The molecule has 150 valence electrons. The molecule has 0 aliphatic rings. The highest BCUT2D eigenvalue weighted by molar-refractivity contribution is 7.21. The van der Waals surface area contributed by atoms with Crippen LogP contribution < -0.4 is 5.32 Å². The maximum absolute atomic E-state index is 12.4. The molecule has 1 aromatic heterocycles. The van der Waals surface area contributed by atoms with E-state index in [0.717, 1.165) is 16.9 Å². The summed E-state index contributed by atoms with van der Waals surface area (Å²) in [5, 5.41) is 15.0.